The lowest BCUT2D eigenvalue weighted by Gasteiger charge is -2.02. The maximum atomic E-state index is 11.7. The molecular formula is C11H12N2O4S. The molecule has 1 N–H and O–H groups in total. The van der Waals surface area contributed by atoms with Gasteiger partial charge in [-0.3, -0.25) is 14.9 Å². The molecule has 0 aliphatic heterocycles. The lowest BCUT2D eigenvalue weighted by Crippen LogP contribution is -2.15. The van der Waals surface area contributed by atoms with Crippen molar-refractivity contribution in [2.24, 2.45) is 5.16 Å². The van der Waals surface area contributed by atoms with Crippen molar-refractivity contribution in [2.75, 3.05) is 6.54 Å². The lowest BCUT2D eigenvalue weighted by atomic mass is 10.2. The second-order valence-electron chi connectivity index (χ2n) is 3.56. The highest BCUT2D eigenvalue weighted by Crippen LogP contribution is 2.20. The van der Waals surface area contributed by atoms with E-state index >= 15 is 0 Å². The number of rotatable bonds is 5. The first kappa shape index (κ1) is 14.2. The molecule has 1 aromatic carbocycles. The third kappa shape index (κ3) is 4.54. The number of hydrogen-bond donors (Lipinski definition) is 1. The molecule has 1 aromatic rings. The summed E-state index contributed by atoms with van der Waals surface area (Å²) in [6.07, 6.45) is -0.179. The third-order valence-corrected chi connectivity index (χ3v) is 3.00. The predicted molar refractivity (Wildman–Crippen MR) is 67.7 cm³/mol. The summed E-state index contributed by atoms with van der Waals surface area (Å²) >= 11 is 0.890. The summed E-state index contributed by atoms with van der Waals surface area (Å²) in [5, 5.41) is 21.2. The number of aryl methyl sites for hydroxylation is 1. The van der Waals surface area contributed by atoms with Crippen LogP contribution in [0, 0.1) is 17.0 Å². The number of nitro groups is 1. The fraction of sp³-hybridized carbons (Fsp3) is 0.273. The summed E-state index contributed by atoms with van der Waals surface area (Å²) in [6.45, 7) is 1.46. The van der Waals surface area contributed by atoms with E-state index in [4.69, 9.17) is 5.21 Å². The van der Waals surface area contributed by atoms with Crippen molar-refractivity contribution < 1.29 is 14.9 Å². The third-order valence-electron chi connectivity index (χ3n) is 2.09. The van der Waals surface area contributed by atoms with Crippen LogP contribution in [-0.2, 0) is 4.79 Å². The molecule has 0 heterocycles. The Balaban J connectivity index is 2.66. The van der Waals surface area contributed by atoms with Crippen LogP contribution in [0.4, 0.5) is 0 Å². The van der Waals surface area contributed by atoms with Gasteiger partial charge in [0.05, 0.1) is 6.42 Å². The molecule has 0 aliphatic carbocycles. The quantitative estimate of drug-likeness (QED) is 0.290. The SMILES string of the molecule is Cc1cccc(SC(=O)/C(CC[N+](=O)[O-])=N\O)c1. The molecule has 0 atom stereocenters. The van der Waals surface area contributed by atoms with Gasteiger partial charge in [0.1, 0.15) is 5.71 Å². The first-order chi connectivity index (χ1) is 8.52. The molecule has 0 amide bonds. The molecule has 96 valence electrons. The maximum absolute atomic E-state index is 11.7. The van der Waals surface area contributed by atoms with E-state index in [9.17, 15) is 14.9 Å². The topological polar surface area (TPSA) is 92.8 Å². The average Bonchev–Trinajstić information content (AvgIpc) is 2.29. The number of carbonyl (C=O) groups excluding carboxylic acids is 1. The number of oxime groups is 1. The number of nitrogens with zero attached hydrogens (tertiary/aromatic N) is 2. The zero-order valence-electron chi connectivity index (χ0n) is 9.70. The van der Waals surface area contributed by atoms with Gasteiger partial charge in [-0.25, -0.2) is 0 Å². The van der Waals surface area contributed by atoms with Crippen LogP contribution in [0.25, 0.3) is 0 Å². The second kappa shape index (κ2) is 6.75. The van der Waals surface area contributed by atoms with Crippen LogP contribution in [0.3, 0.4) is 0 Å². The van der Waals surface area contributed by atoms with Gasteiger partial charge < -0.3 is 5.21 Å². The molecule has 7 heteroatoms. The van der Waals surface area contributed by atoms with Crippen molar-refractivity contribution >= 4 is 22.6 Å². The van der Waals surface area contributed by atoms with Crippen LogP contribution in [0.15, 0.2) is 34.3 Å². The van der Waals surface area contributed by atoms with Crippen LogP contribution < -0.4 is 0 Å². The predicted octanol–water partition coefficient (Wildman–Crippen LogP) is 2.11. The molecule has 6 nitrogen and oxygen atoms in total. The van der Waals surface area contributed by atoms with Crippen LogP contribution >= 0.6 is 11.8 Å². The molecule has 1 rings (SSSR count). The summed E-state index contributed by atoms with van der Waals surface area (Å²) in [4.78, 5) is 22.1. The molecule has 0 saturated heterocycles. The molecule has 0 bridgehead atoms. The Kier molecular flexibility index (Phi) is 5.31. The highest BCUT2D eigenvalue weighted by molar-refractivity contribution is 8.15. The number of thioether (sulfide) groups is 1. The monoisotopic (exact) mass is 268 g/mol. The molecule has 0 aliphatic rings. The van der Waals surface area contributed by atoms with Gasteiger partial charge in [-0.15, -0.1) is 0 Å². The summed E-state index contributed by atoms with van der Waals surface area (Å²) in [5.74, 6) is 0. The number of carbonyl (C=O) groups is 1. The van der Waals surface area contributed by atoms with Crippen LogP contribution in [0.2, 0.25) is 0 Å². The second-order valence-corrected chi connectivity index (χ2v) is 4.61. The van der Waals surface area contributed by atoms with E-state index in [0.29, 0.717) is 4.90 Å². The van der Waals surface area contributed by atoms with E-state index in [-0.39, 0.29) is 12.1 Å². The highest BCUT2D eigenvalue weighted by Gasteiger charge is 2.16. The molecule has 0 saturated carbocycles. The van der Waals surface area contributed by atoms with Crippen molar-refractivity contribution in [2.45, 2.75) is 18.2 Å². The number of benzene rings is 1. The van der Waals surface area contributed by atoms with Crippen molar-refractivity contribution in [1.82, 2.24) is 0 Å². The molecule has 0 aromatic heterocycles. The normalized spacial score (nSPS) is 11.3. The summed E-state index contributed by atoms with van der Waals surface area (Å²) in [6, 6.07) is 7.25. The summed E-state index contributed by atoms with van der Waals surface area (Å²) in [7, 11) is 0. The minimum atomic E-state index is -0.560. The van der Waals surface area contributed by atoms with Crippen LogP contribution in [0.1, 0.15) is 12.0 Å². The molecule has 0 fully saturated rings. The van der Waals surface area contributed by atoms with Gasteiger partial charge in [-0.05, 0) is 30.8 Å². The summed E-state index contributed by atoms with van der Waals surface area (Å²) in [5.41, 5.74) is 0.804. The smallest absolute Gasteiger partial charge is 0.241 e. The molecule has 18 heavy (non-hydrogen) atoms. The standard InChI is InChI=1S/C11H12N2O4S/c1-8-3-2-4-9(7-8)18-11(14)10(12-15)5-6-13(16)17/h2-4,7,15H,5-6H2,1H3/b12-10-. The van der Waals surface area contributed by atoms with Gasteiger partial charge in [-0.2, -0.15) is 0 Å². The van der Waals surface area contributed by atoms with E-state index in [2.05, 4.69) is 5.16 Å². The van der Waals surface area contributed by atoms with Gasteiger partial charge >= 0.3 is 0 Å². The van der Waals surface area contributed by atoms with Crippen molar-refractivity contribution in [3.63, 3.8) is 0 Å². The Morgan fingerprint density at radius 1 is 1.56 bits per heavy atom. The average molecular weight is 268 g/mol. The van der Waals surface area contributed by atoms with E-state index in [1.54, 1.807) is 12.1 Å². The number of hydrogen-bond acceptors (Lipinski definition) is 6. The van der Waals surface area contributed by atoms with Crippen molar-refractivity contribution in [1.29, 1.82) is 0 Å². The van der Waals surface area contributed by atoms with Crippen LogP contribution in [0.5, 0.6) is 0 Å². The molecule has 0 radical (unpaired) electrons. The van der Waals surface area contributed by atoms with Gasteiger partial charge in [-0.1, -0.05) is 22.9 Å². The van der Waals surface area contributed by atoms with Gasteiger partial charge in [0.2, 0.25) is 11.7 Å². The maximum Gasteiger partial charge on any atom is 0.241 e. The molecule has 0 unspecified atom stereocenters. The zero-order chi connectivity index (χ0) is 13.5. The fourth-order valence-electron chi connectivity index (χ4n) is 1.23. The largest absolute Gasteiger partial charge is 0.411 e. The highest BCUT2D eigenvalue weighted by atomic mass is 32.2. The summed E-state index contributed by atoms with van der Waals surface area (Å²) < 4.78 is 0. The Morgan fingerprint density at radius 3 is 2.83 bits per heavy atom. The van der Waals surface area contributed by atoms with Gasteiger partial charge in [0, 0.05) is 9.82 Å². The first-order valence-electron chi connectivity index (χ1n) is 5.14. The lowest BCUT2D eigenvalue weighted by molar-refractivity contribution is -0.478. The Labute approximate surface area is 108 Å². The van der Waals surface area contributed by atoms with E-state index in [1.165, 1.54) is 0 Å². The minimum Gasteiger partial charge on any atom is -0.411 e. The van der Waals surface area contributed by atoms with Crippen molar-refractivity contribution in [3.8, 4) is 0 Å². The zero-order valence-corrected chi connectivity index (χ0v) is 10.5. The minimum absolute atomic E-state index is 0.179. The van der Waals surface area contributed by atoms with E-state index in [0.717, 1.165) is 17.3 Å². The van der Waals surface area contributed by atoms with Crippen LogP contribution in [-0.4, -0.2) is 27.5 Å². The van der Waals surface area contributed by atoms with Crippen molar-refractivity contribution in [3.05, 3.63) is 39.9 Å². The Bertz CT molecular complexity index is 488. The van der Waals surface area contributed by atoms with E-state index < -0.39 is 16.6 Å². The van der Waals surface area contributed by atoms with Gasteiger partial charge in [0.15, 0.2) is 0 Å². The fourth-order valence-corrected chi connectivity index (χ4v) is 2.10. The first-order valence-corrected chi connectivity index (χ1v) is 5.96. The molecular weight excluding hydrogens is 256 g/mol. The van der Waals surface area contributed by atoms with Gasteiger partial charge in [0.25, 0.3) is 0 Å². The van der Waals surface area contributed by atoms with E-state index in [1.807, 2.05) is 19.1 Å². The molecule has 0 spiro atoms. The Morgan fingerprint density at radius 2 is 2.28 bits per heavy atom. The Hall–Kier alpha value is -1.89.